The molecule has 3 nitrogen and oxygen atoms in total. The molecule has 0 saturated carbocycles. The summed E-state index contributed by atoms with van der Waals surface area (Å²) in [6.45, 7) is 0. The first kappa shape index (κ1) is 15.2. The number of carbonyl (C=O) groups excluding carboxylic acids is 1. The van der Waals surface area contributed by atoms with E-state index in [-0.39, 0.29) is 5.91 Å². The van der Waals surface area contributed by atoms with Crippen molar-refractivity contribution in [2.45, 2.75) is 55.1 Å². The number of nitrogens with one attached hydrogen (secondary N) is 2. The van der Waals surface area contributed by atoms with E-state index in [9.17, 15) is 4.79 Å². The molecule has 1 aromatic carbocycles. The lowest BCUT2D eigenvalue weighted by molar-refractivity contribution is -0.121. The van der Waals surface area contributed by atoms with Gasteiger partial charge in [0.25, 0.3) is 0 Å². The molecular weight excluding hydrogens is 304 g/mol. The number of fused-ring (bicyclic) bond motifs is 2. The molecule has 2 heterocycles. The highest BCUT2D eigenvalue weighted by Gasteiger charge is 2.33. The first-order chi connectivity index (χ1) is 10.2. The molecule has 21 heavy (non-hydrogen) atoms. The van der Waals surface area contributed by atoms with Crippen LogP contribution in [0.4, 0.5) is 0 Å². The van der Waals surface area contributed by atoms with Crippen LogP contribution >= 0.6 is 23.4 Å². The highest BCUT2D eigenvalue weighted by molar-refractivity contribution is 7.99. The van der Waals surface area contributed by atoms with Crippen LogP contribution in [0.2, 0.25) is 5.02 Å². The van der Waals surface area contributed by atoms with Gasteiger partial charge in [0.15, 0.2) is 0 Å². The summed E-state index contributed by atoms with van der Waals surface area (Å²) in [5.41, 5.74) is 0. The molecule has 2 unspecified atom stereocenters. The third-order valence-corrected chi connectivity index (χ3v) is 5.78. The van der Waals surface area contributed by atoms with Crippen LogP contribution in [0.25, 0.3) is 0 Å². The van der Waals surface area contributed by atoms with Crippen molar-refractivity contribution in [1.82, 2.24) is 10.6 Å². The van der Waals surface area contributed by atoms with Crippen molar-refractivity contribution < 1.29 is 4.79 Å². The molecule has 2 bridgehead atoms. The Balaban J connectivity index is 1.40. The Bertz CT molecular complexity index is 499. The van der Waals surface area contributed by atoms with E-state index in [0.29, 0.717) is 24.5 Å². The van der Waals surface area contributed by atoms with Crippen molar-refractivity contribution in [3.63, 3.8) is 0 Å². The fourth-order valence-corrected chi connectivity index (χ4v) is 4.48. The summed E-state index contributed by atoms with van der Waals surface area (Å²) in [7, 11) is 0. The average molecular weight is 325 g/mol. The van der Waals surface area contributed by atoms with E-state index in [0.717, 1.165) is 28.5 Å². The predicted octanol–water partition coefficient (Wildman–Crippen LogP) is 3.22. The van der Waals surface area contributed by atoms with Crippen LogP contribution in [0.5, 0.6) is 0 Å². The summed E-state index contributed by atoms with van der Waals surface area (Å²) >= 11 is 7.75. The Morgan fingerprint density at radius 2 is 2.00 bits per heavy atom. The third-order valence-electron chi connectivity index (χ3n) is 4.26. The van der Waals surface area contributed by atoms with Gasteiger partial charge in [-0.05, 0) is 37.8 Å². The van der Waals surface area contributed by atoms with Gasteiger partial charge in [0.1, 0.15) is 0 Å². The van der Waals surface area contributed by atoms with Gasteiger partial charge in [-0.25, -0.2) is 0 Å². The lowest BCUT2D eigenvalue weighted by Crippen LogP contribution is -2.48. The molecule has 2 aliphatic rings. The SMILES string of the molecule is O=C(CCSc1ccccc1Cl)NC1CC2CCC(C1)N2. The quantitative estimate of drug-likeness (QED) is 0.817. The summed E-state index contributed by atoms with van der Waals surface area (Å²) in [5.74, 6) is 0.939. The average Bonchev–Trinajstić information content (AvgIpc) is 2.80. The lowest BCUT2D eigenvalue weighted by atomic mass is 10.00. The van der Waals surface area contributed by atoms with Crippen molar-refractivity contribution in [2.75, 3.05) is 5.75 Å². The summed E-state index contributed by atoms with van der Waals surface area (Å²) in [5, 5.41) is 7.55. The van der Waals surface area contributed by atoms with Gasteiger partial charge in [-0.2, -0.15) is 0 Å². The molecule has 0 aromatic heterocycles. The molecule has 114 valence electrons. The predicted molar refractivity (Wildman–Crippen MR) is 87.9 cm³/mol. The van der Waals surface area contributed by atoms with E-state index in [1.165, 1.54) is 12.8 Å². The van der Waals surface area contributed by atoms with E-state index in [2.05, 4.69) is 10.6 Å². The highest BCUT2D eigenvalue weighted by Crippen LogP contribution is 2.28. The Labute approximate surface area is 135 Å². The second-order valence-corrected chi connectivity index (χ2v) is 7.45. The smallest absolute Gasteiger partial charge is 0.221 e. The highest BCUT2D eigenvalue weighted by atomic mass is 35.5. The van der Waals surface area contributed by atoms with E-state index < -0.39 is 0 Å². The summed E-state index contributed by atoms with van der Waals surface area (Å²) < 4.78 is 0. The van der Waals surface area contributed by atoms with Gasteiger partial charge < -0.3 is 10.6 Å². The van der Waals surface area contributed by atoms with Crippen molar-refractivity contribution in [3.05, 3.63) is 29.3 Å². The number of hydrogen-bond acceptors (Lipinski definition) is 3. The van der Waals surface area contributed by atoms with Crippen molar-refractivity contribution in [2.24, 2.45) is 0 Å². The summed E-state index contributed by atoms with van der Waals surface area (Å²) in [4.78, 5) is 13.1. The molecule has 2 atom stereocenters. The maximum atomic E-state index is 12.0. The molecule has 0 aliphatic carbocycles. The van der Waals surface area contributed by atoms with Crippen LogP contribution < -0.4 is 10.6 Å². The molecule has 2 fully saturated rings. The number of halogens is 1. The Hall–Kier alpha value is -0.710. The number of hydrogen-bond donors (Lipinski definition) is 2. The molecular formula is C16H21ClN2OS. The zero-order valence-electron chi connectivity index (χ0n) is 12.0. The standard InChI is InChI=1S/C16H21ClN2OS/c17-14-3-1-2-4-15(14)21-8-7-16(20)19-13-9-11-5-6-12(10-13)18-11/h1-4,11-13,18H,5-10H2,(H,19,20). The fraction of sp³-hybridized carbons (Fsp3) is 0.562. The monoisotopic (exact) mass is 324 g/mol. The minimum absolute atomic E-state index is 0.167. The molecule has 1 aromatic rings. The largest absolute Gasteiger partial charge is 0.353 e. The molecule has 2 saturated heterocycles. The van der Waals surface area contributed by atoms with Crippen molar-refractivity contribution in [3.8, 4) is 0 Å². The summed E-state index contributed by atoms with van der Waals surface area (Å²) in [6.07, 6.45) is 5.24. The summed E-state index contributed by atoms with van der Waals surface area (Å²) in [6, 6.07) is 9.37. The van der Waals surface area contributed by atoms with Crippen molar-refractivity contribution >= 4 is 29.3 Å². The number of amides is 1. The Kier molecular flexibility index (Phi) is 5.09. The van der Waals surface area contributed by atoms with E-state index in [4.69, 9.17) is 11.6 Å². The molecule has 5 heteroatoms. The van der Waals surface area contributed by atoms with E-state index in [1.54, 1.807) is 11.8 Å². The number of piperidine rings is 1. The second-order valence-electron chi connectivity index (χ2n) is 5.90. The van der Waals surface area contributed by atoms with Crippen LogP contribution in [0.3, 0.4) is 0 Å². The number of rotatable bonds is 5. The lowest BCUT2D eigenvalue weighted by Gasteiger charge is -2.29. The van der Waals surface area contributed by atoms with E-state index >= 15 is 0 Å². The number of benzene rings is 1. The first-order valence-electron chi connectivity index (χ1n) is 7.63. The van der Waals surface area contributed by atoms with Crippen molar-refractivity contribution in [1.29, 1.82) is 0 Å². The fourth-order valence-electron chi connectivity index (χ4n) is 3.29. The first-order valence-corrected chi connectivity index (χ1v) is 9.00. The van der Waals surface area contributed by atoms with Gasteiger partial charge in [0.05, 0.1) is 5.02 Å². The van der Waals surface area contributed by atoms with Gasteiger partial charge in [0, 0.05) is 35.2 Å². The van der Waals surface area contributed by atoms with Gasteiger partial charge in [0.2, 0.25) is 5.91 Å². The van der Waals surface area contributed by atoms with Crippen LogP contribution in [0, 0.1) is 0 Å². The molecule has 0 spiro atoms. The van der Waals surface area contributed by atoms with Gasteiger partial charge >= 0.3 is 0 Å². The Morgan fingerprint density at radius 1 is 1.29 bits per heavy atom. The van der Waals surface area contributed by atoms with Crippen LogP contribution in [0.1, 0.15) is 32.1 Å². The van der Waals surface area contributed by atoms with E-state index in [1.807, 2.05) is 24.3 Å². The van der Waals surface area contributed by atoms with Gasteiger partial charge in [-0.15, -0.1) is 11.8 Å². The number of carbonyl (C=O) groups is 1. The van der Waals surface area contributed by atoms with Crippen LogP contribution in [-0.2, 0) is 4.79 Å². The molecule has 2 aliphatic heterocycles. The van der Waals surface area contributed by atoms with Gasteiger partial charge in [-0.3, -0.25) is 4.79 Å². The minimum atomic E-state index is 0.167. The maximum absolute atomic E-state index is 12.0. The zero-order valence-corrected chi connectivity index (χ0v) is 13.6. The zero-order chi connectivity index (χ0) is 14.7. The van der Waals surface area contributed by atoms with Crippen LogP contribution in [0.15, 0.2) is 29.2 Å². The molecule has 3 rings (SSSR count). The van der Waals surface area contributed by atoms with Gasteiger partial charge in [-0.1, -0.05) is 23.7 Å². The maximum Gasteiger partial charge on any atom is 0.221 e. The Morgan fingerprint density at radius 3 is 2.71 bits per heavy atom. The normalized spacial score (nSPS) is 27.6. The van der Waals surface area contributed by atoms with Crippen LogP contribution in [-0.4, -0.2) is 29.8 Å². The molecule has 2 N–H and O–H groups in total. The molecule has 0 radical (unpaired) electrons. The minimum Gasteiger partial charge on any atom is -0.353 e. The number of thioether (sulfide) groups is 1. The second kappa shape index (κ2) is 7.03. The topological polar surface area (TPSA) is 41.1 Å². The third kappa shape index (κ3) is 4.15. The molecule has 1 amide bonds.